The SMILES string of the molecule is CNOC(O)c1cc(C(O)O)cc(C(ON)ONC)c1. The van der Waals surface area contributed by atoms with E-state index in [0.29, 0.717) is 5.56 Å². The molecule has 1 aromatic carbocycles. The fraction of sp³-hybridized carbons (Fsp3) is 0.455. The van der Waals surface area contributed by atoms with Crippen LogP contribution in [-0.4, -0.2) is 29.4 Å². The molecule has 2 unspecified atom stereocenters. The molecule has 2 atom stereocenters. The quantitative estimate of drug-likeness (QED) is 0.259. The lowest BCUT2D eigenvalue weighted by molar-refractivity contribution is -0.182. The largest absolute Gasteiger partial charge is 0.364 e. The third-order valence-corrected chi connectivity index (χ3v) is 2.43. The van der Waals surface area contributed by atoms with Crippen molar-refractivity contribution in [1.29, 1.82) is 0 Å². The zero-order valence-corrected chi connectivity index (χ0v) is 11.1. The Labute approximate surface area is 115 Å². The molecule has 0 saturated carbocycles. The van der Waals surface area contributed by atoms with Gasteiger partial charge in [0.1, 0.15) is 0 Å². The molecular formula is C11H19N3O6. The number of nitrogens with two attached hydrogens (primary N) is 1. The van der Waals surface area contributed by atoms with Gasteiger partial charge < -0.3 is 15.3 Å². The molecule has 0 bridgehead atoms. The summed E-state index contributed by atoms with van der Waals surface area (Å²) in [5.74, 6) is 5.11. The van der Waals surface area contributed by atoms with E-state index in [1.807, 2.05) is 0 Å². The van der Waals surface area contributed by atoms with Crippen molar-refractivity contribution in [2.45, 2.75) is 18.9 Å². The highest BCUT2D eigenvalue weighted by Gasteiger charge is 2.18. The Balaban J connectivity index is 3.15. The van der Waals surface area contributed by atoms with Crippen molar-refractivity contribution in [3.63, 3.8) is 0 Å². The molecule has 0 aliphatic heterocycles. The summed E-state index contributed by atoms with van der Waals surface area (Å²) < 4.78 is 0. The molecule has 0 aromatic heterocycles. The van der Waals surface area contributed by atoms with Crippen LogP contribution in [0, 0.1) is 0 Å². The molecule has 1 rings (SSSR count). The van der Waals surface area contributed by atoms with Crippen LogP contribution < -0.4 is 16.9 Å². The second kappa shape index (κ2) is 8.21. The standard InChI is InChI=1S/C11H19N3O6/c1-13-19-10(17)7-3-6(9(15)16)4-8(5-7)11(18-12)20-14-2/h3-5,9-11,13-17H,12H2,1-2H3. The molecule has 0 aliphatic carbocycles. The number of aliphatic hydroxyl groups is 3. The maximum absolute atomic E-state index is 9.76. The zero-order chi connectivity index (χ0) is 15.1. The van der Waals surface area contributed by atoms with Gasteiger partial charge in [-0.3, -0.25) is 14.5 Å². The third kappa shape index (κ3) is 4.45. The first kappa shape index (κ1) is 16.9. The van der Waals surface area contributed by atoms with Gasteiger partial charge in [-0.2, -0.15) is 0 Å². The van der Waals surface area contributed by atoms with Crippen molar-refractivity contribution in [2.24, 2.45) is 5.90 Å². The van der Waals surface area contributed by atoms with Crippen LogP contribution in [-0.2, 0) is 14.5 Å². The van der Waals surface area contributed by atoms with E-state index in [-0.39, 0.29) is 11.1 Å². The molecule has 0 saturated heterocycles. The first-order chi connectivity index (χ1) is 9.53. The minimum absolute atomic E-state index is 0.123. The van der Waals surface area contributed by atoms with Gasteiger partial charge in [-0.1, -0.05) is 0 Å². The fourth-order valence-corrected chi connectivity index (χ4v) is 1.59. The molecule has 0 spiro atoms. The van der Waals surface area contributed by atoms with E-state index in [4.69, 9.17) is 15.6 Å². The minimum Gasteiger partial charge on any atom is -0.364 e. The highest BCUT2D eigenvalue weighted by atomic mass is 16.8. The number of aliphatic hydroxyl groups excluding tert-OH is 2. The number of hydrogen-bond donors (Lipinski definition) is 6. The molecule has 0 fully saturated rings. The zero-order valence-electron chi connectivity index (χ0n) is 11.1. The topological polar surface area (TPSA) is 138 Å². The molecule has 0 radical (unpaired) electrons. The Kier molecular flexibility index (Phi) is 6.95. The molecule has 114 valence electrons. The summed E-state index contributed by atoms with van der Waals surface area (Å²) in [5, 5.41) is 28.3. The predicted molar refractivity (Wildman–Crippen MR) is 66.9 cm³/mol. The van der Waals surface area contributed by atoms with Crippen LogP contribution in [0.3, 0.4) is 0 Å². The normalized spacial score (nSPS) is 14.6. The second-order valence-corrected chi connectivity index (χ2v) is 3.77. The van der Waals surface area contributed by atoms with Crippen molar-refractivity contribution in [3.05, 3.63) is 34.9 Å². The summed E-state index contributed by atoms with van der Waals surface area (Å²) in [4.78, 5) is 14.4. The summed E-state index contributed by atoms with van der Waals surface area (Å²) in [5.41, 5.74) is 5.48. The molecule has 7 N–H and O–H groups in total. The Bertz CT molecular complexity index is 417. The van der Waals surface area contributed by atoms with E-state index in [1.54, 1.807) is 0 Å². The van der Waals surface area contributed by atoms with Crippen molar-refractivity contribution < 1.29 is 29.8 Å². The highest BCUT2D eigenvalue weighted by Crippen LogP contribution is 2.26. The Hall–Kier alpha value is -1.14. The van der Waals surface area contributed by atoms with Crippen LogP contribution in [0.5, 0.6) is 0 Å². The van der Waals surface area contributed by atoms with Crippen molar-refractivity contribution >= 4 is 0 Å². The van der Waals surface area contributed by atoms with Crippen LogP contribution in [0.2, 0.25) is 0 Å². The molecule has 0 heterocycles. The monoisotopic (exact) mass is 289 g/mol. The number of benzene rings is 1. The van der Waals surface area contributed by atoms with Gasteiger partial charge in [0.05, 0.1) is 0 Å². The maximum Gasteiger partial charge on any atom is 0.221 e. The predicted octanol–water partition coefficient (Wildman–Crippen LogP) is -1.15. The lowest BCUT2D eigenvalue weighted by atomic mass is 10.0. The van der Waals surface area contributed by atoms with Crippen LogP contribution in [0.4, 0.5) is 0 Å². The molecule has 0 aliphatic rings. The molecular weight excluding hydrogens is 270 g/mol. The smallest absolute Gasteiger partial charge is 0.221 e. The lowest BCUT2D eigenvalue weighted by Gasteiger charge is -2.19. The summed E-state index contributed by atoms with van der Waals surface area (Å²) in [6.45, 7) is 0. The fourth-order valence-electron chi connectivity index (χ4n) is 1.59. The van der Waals surface area contributed by atoms with Gasteiger partial charge in [0.2, 0.25) is 12.6 Å². The van der Waals surface area contributed by atoms with Gasteiger partial charge in [0.25, 0.3) is 0 Å². The van der Waals surface area contributed by atoms with Crippen LogP contribution in [0.15, 0.2) is 18.2 Å². The minimum atomic E-state index is -1.73. The van der Waals surface area contributed by atoms with Gasteiger partial charge in [-0.25, -0.2) is 16.9 Å². The Morgan fingerprint density at radius 3 is 2.00 bits per heavy atom. The first-order valence-electron chi connectivity index (χ1n) is 5.72. The summed E-state index contributed by atoms with van der Waals surface area (Å²) in [6.07, 6.45) is -4.05. The van der Waals surface area contributed by atoms with E-state index < -0.39 is 18.9 Å². The summed E-state index contributed by atoms with van der Waals surface area (Å²) in [6, 6.07) is 4.26. The average molecular weight is 289 g/mol. The van der Waals surface area contributed by atoms with Gasteiger partial charge in [-0.15, -0.1) is 0 Å². The molecule has 1 aromatic rings. The average Bonchev–Trinajstić information content (AvgIpc) is 2.44. The van der Waals surface area contributed by atoms with E-state index in [9.17, 15) is 15.3 Å². The highest BCUT2D eigenvalue weighted by molar-refractivity contribution is 5.32. The number of hydroxylamine groups is 2. The Morgan fingerprint density at radius 1 is 0.950 bits per heavy atom. The molecule has 9 heteroatoms. The van der Waals surface area contributed by atoms with Crippen molar-refractivity contribution in [3.8, 4) is 0 Å². The van der Waals surface area contributed by atoms with E-state index in [2.05, 4.69) is 15.8 Å². The van der Waals surface area contributed by atoms with Crippen LogP contribution in [0.1, 0.15) is 35.6 Å². The molecule has 20 heavy (non-hydrogen) atoms. The van der Waals surface area contributed by atoms with Crippen molar-refractivity contribution in [2.75, 3.05) is 14.1 Å². The van der Waals surface area contributed by atoms with Crippen LogP contribution >= 0.6 is 0 Å². The van der Waals surface area contributed by atoms with Crippen LogP contribution in [0.25, 0.3) is 0 Å². The van der Waals surface area contributed by atoms with Gasteiger partial charge in [-0.05, 0) is 18.2 Å². The lowest BCUT2D eigenvalue weighted by Crippen LogP contribution is -2.21. The molecule has 0 amide bonds. The second-order valence-electron chi connectivity index (χ2n) is 3.77. The summed E-state index contributed by atoms with van der Waals surface area (Å²) in [7, 11) is 2.99. The van der Waals surface area contributed by atoms with Crippen molar-refractivity contribution in [1.82, 2.24) is 11.0 Å². The Morgan fingerprint density at radius 2 is 1.50 bits per heavy atom. The van der Waals surface area contributed by atoms with Gasteiger partial charge in [0.15, 0.2) is 6.29 Å². The first-order valence-corrected chi connectivity index (χ1v) is 5.72. The number of hydrogen-bond acceptors (Lipinski definition) is 9. The number of nitrogens with one attached hydrogen (secondary N) is 2. The van der Waals surface area contributed by atoms with E-state index in [0.717, 1.165) is 0 Å². The van der Waals surface area contributed by atoms with E-state index >= 15 is 0 Å². The maximum atomic E-state index is 9.76. The van der Waals surface area contributed by atoms with Gasteiger partial charge >= 0.3 is 0 Å². The van der Waals surface area contributed by atoms with E-state index in [1.165, 1.54) is 32.3 Å². The summed E-state index contributed by atoms with van der Waals surface area (Å²) >= 11 is 0. The third-order valence-electron chi connectivity index (χ3n) is 2.43. The molecule has 9 nitrogen and oxygen atoms in total. The number of rotatable bonds is 8. The van der Waals surface area contributed by atoms with Gasteiger partial charge in [0, 0.05) is 30.8 Å².